The average molecular weight is 562 g/mol. The molecule has 40 heavy (non-hydrogen) atoms. The SMILES string of the molecule is CCCC[N+](CCCC)(CCCC)CCCC.Cc1ccc2[nH]c3c(ccc4c5cc(C)ccc5[nH]c43)c2c1.[Cl-]. The van der Waals surface area contributed by atoms with Gasteiger partial charge in [0, 0.05) is 32.6 Å². The third-order valence-electron chi connectivity index (χ3n) is 8.60. The molecule has 0 amide bonds. The third-order valence-corrected chi connectivity index (χ3v) is 8.60. The fraction of sp³-hybridized carbons (Fsp3) is 0.500. The van der Waals surface area contributed by atoms with Gasteiger partial charge in [0.15, 0.2) is 0 Å². The second-order valence-corrected chi connectivity index (χ2v) is 11.9. The molecule has 0 bridgehead atoms. The van der Waals surface area contributed by atoms with E-state index in [0.717, 1.165) is 0 Å². The van der Waals surface area contributed by atoms with Crippen LogP contribution in [0, 0.1) is 13.8 Å². The smallest absolute Gasteiger partial charge is 0.0786 e. The minimum atomic E-state index is 0. The van der Waals surface area contributed by atoms with E-state index in [0.29, 0.717) is 0 Å². The molecule has 2 aromatic heterocycles. The fourth-order valence-corrected chi connectivity index (χ4v) is 6.21. The van der Waals surface area contributed by atoms with Crippen molar-refractivity contribution in [2.24, 2.45) is 0 Å². The molecule has 3 aromatic carbocycles. The molecule has 0 saturated heterocycles. The Hall–Kier alpha value is -2.49. The normalized spacial score (nSPS) is 11.8. The van der Waals surface area contributed by atoms with Gasteiger partial charge in [0.05, 0.1) is 37.2 Å². The fourth-order valence-electron chi connectivity index (χ4n) is 6.21. The van der Waals surface area contributed by atoms with E-state index in [-0.39, 0.29) is 12.4 Å². The van der Waals surface area contributed by atoms with Crippen LogP contribution in [-0.4, -0.2) is 40.6 Å². The van der Waals surface area contributed by atoms with Crippen LogP contribution >= 0.6 is 0 Å². The van der Waals surface area contributed by atoms with E-state index < -0.39 is 0 Å². The maximum atomic E-state index is 3.59. The quantitative estimate of drug-likeness (QED) is 0.147. The zero-order valence-electron chi connectivity index (χ0n) is 25.9. The van der Waals surface area contributed by atoms with Gasteiger partial charge >= 0.3 is 0 Å². The predicted molar refractivity (Wildman–Crippen MR) is 174 cm³/mol. The second-order valence-electron chi connectivity index (χ2n) is 11.9. The molecule has 2 heterocycles. The summed E-state index contributed by atoms with van der Waals surface area (Å²) in [5.41, 5.74) is 7.38. The van der Waals surface area contributed by atoms with Crippen LogP contribution in [0.15, 0.2) is 48.5 Å². The van der Waals surface area contributed by atoms with Crippen molar-refractivity contribution in [3.05, 3.63) is 59.7 Å². The lowest BCUT2D eigenvalue weighted by atomic mass is 10.1. The zero-order chi connectivity index (χ0) is 27.8. The number of nitrogens with one attached hydrogen (secondary N) is 2. The van der Waals surface area contributed by atoms with Gasteiger partial charge in [-0.1, -0.05) is 88.8 Å². The molecular weight excluding hydrogens is 510 g/mol. The number of H-pyrrole nitrogens is 2. The molecule has 0 atom stereocenters. The Morgan fingerprint density at radius 2 is 0.850 bits per heavy atom. The van der Waals surface area contributed by atoms with E-state index in [1.807, 2.05) is 0 Å². The Balaban J connectivity index is 0.000000225. The van der Waals surface area contributed by atoms with E-state index in [4.69, 9.17) is 0 Å². The molecule has 0 aliphatic carbocycles. The van der Waals surface area contributed by atoms with Crippen LogP contribution < -0.4 is 12.4 Å². The number of hydrogen-bond donors (Lipinski definition) is 2. The Labute approximate surface area is 248 Å². The van der Waals surface area contributed by atoms with Crippen LogP contribution in [-0.2, 0) is 0 Å². The molecule has 2 N–H and O–H groups in total. The summed E-state index contributed by atoms with van der Waals surface area (Å²) in [7, 11) is 0. The van der Waals surface area contributed by atoms with Crippen molar-refractivity contribution >= 4 is 43.6 Å². The molecule has 0 spiro atoms. The molecule has 0 aliphatic heterocycles. The van der Waals surface area contributed by atoms with Gasteiger partial charge in [-0.3, -0.25) is 0 Å². The highest BCUT2D eigenvalue weighted by atomic mass is 35.5. The molecule has 3 nitrogen and oxygen atoms in total. The second kappa shape index (κ2) is 14.9. The van der Waals surface area contributed by atoms with Crippen molar-refractivity contribution in [3.8, 4) is 0 Å². The number of hydrogen-bond acceptors (Lipinski definition) is 0. The summed E-state index contributed by atoms with van der Waals surface area (Å²) in [6.45, 7) is 19.3. The van der Waals surface area contributed by atoms with Crippen molar-refractivity contribution < 1.29 is 16.9 Å². The van der Waals surface area contributed by atoms with Crippen molar-refractivity contribution in [1.29, 1.82) is 0 Å². The first-order chi connectivity index (χ1) is 18.9. The number of aromatic nitrogens is 2. The largest absolute Gasteiger partial charge is 1.00 e. The van der Waals surface area contributed by atoms with E-state index in [1.165, 1.54) is 137 Å². The molecule has 0 fully saturated rings. The highest BCUT2D eigenvalue weighted by Crippen LogP contribution is 2.35. The molecule has 0 aliphatic rings. The van der Waals surface area contributed by atoms with Crippen molar-refractivity contribution in [2.45, 2.75) is 92.9 Å². The predicted octanol–water partition coefficient (Wildman–Crippen LogP) is 7.58. The minimum Gasteiger partial charge on any atom is -1.00 e. The van der Waals surface area contributed by atoms with Crippen molar-refractivity contribution in [3.63, 3.8) is 0 Å². The summed E-state index contributed by atoms with van der Waals surface area (Å²) in [4.78, 5) is 7.19. The monoisotopic (exact) mass is 561 g/mol. The van der Waals surface area contributed by atoms with E-state index in [9.17, 15) is 0 Å². The van der Waals surface area contributed by atoms with Gasteiger partial charge < -0.3 is 26.9 Å². The van der Waals surface area contributed by atoms with Crippen LogP contribution in [0.5, 0.6) is 0 Å². The lowest BCUT2D eigenvalue weighted by Gasteiger charge is -2.39. The Kier molecular flexibility index (Phi) is 12.0. The van der Waals surface area contributed by atoms with Crippen LogP contribution in [0.2, 0.25) is 0 Å². The van der Waals surface area contributed by atoms with Crippen LogP contribution in [0.3, 0.4) is 0 Å². The number of rotatable bonds is 12. The molecular formula is C36H52ClN3. The van der Waals surface area contributed by atoms with Crippen LogP contribution in [0.1, 0.15) is 90.2 Å². The summed E-state index contributed by atoms with van der Waals surface area (Å²) in [6, 6.07) is 17.6. The van der Waals surface area contributed by atoms with Gasteiger partial charge in [0.25, 0.3) is 0 Å². The Morgan fingerprint density at radius 3 is 1.18 bits per heavy atom. The lowest BCUT2D eigenvalue weighted by molar-refractivity contribution is -0.929. The van der Waals surface area contributed by atoms with Gasteiger partial charge in [0.2, 0.25) is 0 Å². The standard InChI is InChI=1S/C20H16N2.C16H36N.ClH/c1-11-3-7-17-15(9-11)13-5-6-14-16-10-12(2)4-8-18(16)22-20(14)19(13)21-17;1-5-9-13-17(14-10-6-2,15-11-7-3)16-12-8-4;/h3-10,21-22H,1-2H3;5-16H2,1-4H3;1H/q;+1;/p-1. The lowest BCUT2D eigenvalue weighted by Crippen LogP contribution is -3.00. The highest BCUT2D eigenvalue weighted by Gasteiger charge is 2.24. The number of halogens is 1. The Morgan fingerprint density at radius 1 is 0.500 bits per heavy atom. The number of aromatic amines is 2. The van der Waals surface area contributed by atoms with Crippen molar-refractivity contribution in [1.82, 2.24) is 9.97 Å². The maximum absolute atomic E-state index is 3.59. The summed E-state index contributed by atoms with van der Waals surface area (Å²) in [6.07, 6.45) is 11.1. The zero-order valence-corrected chi connectivity index (χ0v) is 26.7. The van der Waals surface area contributed by atoms with Gasteiger partial charge in [-0.15, -0.1) is 0 Å². The molecule has 0 radical (unpaired) electrons. The first-order valence-electron chi connectivity index (χ1n) is 15.7. The number of nitrogens with zero attached hydrogens (tertiary/aromatic N) is 1. The number of aryl methyl sites for hydroxylation is 2. The van der Waals surface area contributed by atoms with Gasteiger partial charge in [-0.25, -0.2) is 0 Å². The van der Waals surface area contributed by atoms with E-state index in [2.05, 4.69) is 100 Å². The number of quaternary nitrogens is 1. The van der Waals surface area contributed by atoms with Gasteiger partial charge in [-0.05, 0) is 63.8 Å². The highest BCUT2D eigenvalue weighted by molar-refractivity contribution is 6.21. The van der Waals surface area contributed by atoms with Crippen LogP contribution in [0.4, 0.5) is 0 Å². The summed E-state index contributed by atoms with van der Waals surface area (Å²) in [5, 5.41) is 5.17. The summed E-state index contributed by atoms with van der Waals surface area (Å²) in [5.74, 6) is 0. The molecule has 0 unspecified atom stereocenters. The minimum absolute atomic E-state index is 0. The molecule has 4 heteroatoms. The van der Waals surface area contributed by atoms with Crippen molar-refractivity contribution in [2.75, 3.05) is 26.2 Å². The molecule has 5 aromatic rings. The summed E-state index contributed by atoms with van der Waals surface area (Å²) < 4.78 is 1.42. The number of unbranched alkanes of at least 4 members (excludes halogenated alkanes) is 4. The van der Waals surface area contributed by atoms with Gasteiger partial charge in [0.1, 0.15) is 0 Å². The van der Waals surface area contributed by atoms with E-state index in [1.54, 1.807) is 0 Å². The average Bonchev–Trinajstić information content (AvgIpc) is 3.50. The third kappa shape index (κ3) is 7.22. The first-order valence-corrected chi connectivity index (χ1v) is 15.7. The maximum Gasteiger partial charge on any atom is 0.0786 e. The van der Waals surface area contributed by atoms with Gasteiger partial charge in [-0.2, -0.15) is 0 Å². The summed E-state index contributed by atoms with van der Waals surface area (Å²) >= 11 is 0. The molecule has 218 valence electrons. The molecule has 0 saturated carbocycles. The Bertz CT molecular complexity index is 1360. The van der Waals surface area contributed by atoms with E-state index >= 15 is 0 Å². The number of benzene rings is 3. The first kappa shape index (κ1) is 32.0. The number of fused-ring (bicyclic) bond motifs is 7. The topological polar surface area (TPSA) is 31.6 Å². The van der Waals surface area contributed by atoms with Crippen LogP contribution in [0.25, 0.3) is 43.6 Å². The molecule has 5 rings (SSSR count).